The zero-order valence-corrected chi connectivity index (χ0v) is 8.31. The van der Waals surface area contributed by atoms with Crippen LogP contribution in [0.3, 0.4) is 0 Å². The second kappa shape index (κ2) is 2.96. The summed E-state index contributed by atoms with van der Waals surface area (Å²) in [6, 6.07) is 3.35. The maximum absolute atomic E-state index is 11.1. The molecular formula is C9H10N2OS. The van der Waals surface area contributed by atoms with Crippen LogP contribution in [0.15, 0.2) is 16.9 Å². The topological polar surface area (TPSA) is 45.8 Å². The summed E-state index contributed by atoms with van der Waals surface area (Å²) in [6.45, 7) is 4.14. The van der Waals surface area contributed by atoms with Crippen LogP contribution in [0, 0.1) is 0 Å². The molecule has 1 N–H and O–H groups in total. The van der Waals surface area contributed by atoms with Crippen molar-refractivity contribution in [2.75, 3.05) is 0 Å². The van der Waals surface area contributed by atoms with Crippen molar-refractivity contribution >= 4 is 21.7 Å². The Hall–Kier alpha value is -1.16. The Kier molecular flexibility index (Phi) is 1.92. The number of rotatable bonds is 1. The molecule has 0 saturated heterocycles. The number of H-pyrrole nitrogens is 1. The highest BCUT2D eigenvalue weighted by Gasteiger charge is 2.09. The highest BCUT2D eigenvalue weighted by atomic mass is 32.1. The van der Waals surface area contributed by atoms with Crippen molar-refractivity contribution in [2.45, 2.75) is 19.8 Å². The lowest BCUT2D eigenvalue weighted by Gasteiger charge is -1.98. The first-order valence-corrected chi connectivity index (χ1v) is 4.94. The predicted octanol–water partition coefficient (Wildman–Crippen LogP) is 2.11. The van der Waals surface area contributed by atoms with Crippen molar-refractivity contribution in [2.24, 2.45) is 0 Å². The molecule has 13 heavy (non-hydrogen) atoms. The number of aromatic nitrogens is 2. The van der Waals surface area contributed by atoms with Gasteiger partial charge < -0.3 is 4.98 Å². The number of nitrogens with one attached hydrogen (secondary N) is 1. The molecule has 0 radical (unpaired) electrons. The van der Waals surface area contributed by atoms with Crippen LogP contribution in [-0.2, 0) is 0 Å². The first-order valence-electron chi connectivity index (χ1n) is 4.17. The summed E-state index contributed by atoms with van der Waals surface area (Å²) in [4.78, 5) is 13.9. The van der Waals surface area contributed by atoms with Gasteiger partial charge in [-0.25, -0.2) is 0 Å². The Bertz CT molecular complexity index is 484. The van der Waals surface area contributed by atoms with Gasteiger partial charge in [0.05, 0.1) is 15.9 Å². The minimum Gasteiger partial charge on any atom is -0.320 e. The molecule has 0 aliphatic heterocycles. The molecule has 2 aromatic rings. The quantitative estimate of drug-likeness (QED) is 0.755. The van der Waals surface area contributed by atoms with Crippen molar-refractivity contribution < 1.29 is 0 Å². The smallest absolute Gasteiger partial charge is 0.248 e. The molecule has 0 aliphatic rings. The average Bonchev–Trinajstić information content (AvgIpc) is 2.46. The van der Waals surface area contributed by atoms with Gasteiger partial charge in [-0.05, 0) is 23.5 Å². The summed E-state index contributed by atoms with van der Waals surface area (Å²) in [5, 5.41) is 0. The van der Waals surface area contributed by atoms with E-state index in [9.17, 15) is 4.79 Å². The molecule has 0 atom stereocenters. The molecule has 0 aromatic carbocycles. The minimum atomic E-state index is -0.0606. The number of aromatic amines is 1. The second-order valence-corrected chi connectivity index (χ2v) is 4.09. The lowest BCUT2D eigenvalue weighted by molar-refractivity contribution is 0.846. The van der Waals surface area contributed by atoms with Gasteiger partial charge in [0.25, 0.3) is 0 Å². The highest BCUT2D eigenvalue weighted by Crippen LogP contribution is 2.24. The molecule has 0 aliphatic carbocycles. The van der Waals surface area contributed by atoms with Crippen molar-refractivity contribution in [3.8, 4) is 0 Å². The van der Waals surface area contributed by atoms with Crippen LogP contribution < -0.4 is 5.56 Å². The van der Waals surface area contributed by atoms with E-state index in [2.05, 4.69) is 23.2 Å². The Balaban J connectivity index is 2.79. The van der Waals surface area contributed by atoms with Crippen LogP contribution >= 0.6 is 11.5 Å². The molecule has 2 heterocycles. The lowest BCUT2D eigenvalue weighted by Crippen LogP contribution is -2.03. The summed E-state index contributed by atoms with van der Waals surface area (Å²) in [6.07, 6.45) is 0. The van der Waals surface area contributed by atoms with Gasteiger partial charge in [-0.1, -0.05) is 13.8 Å². The van der Waals surface area contributed by atoms with E-state index in [1.165, 1.54) is 17.6 Å². The fourth-order valence-corrected chi connectivity index (χ4v) is 2.14. The third-order valence-corrected chi connectivity index (χ3v) is 2.75. The monoisotopic (exact) mass is 194 g/mol. The fourth-order valence-electron chi connectivity index (χ4n) is 1.27. The van der Waals surface area contributed by atoms with Gasteiger partial charge in [0.2, 0.25) is 5.56 Å². The van der Waals surface area contributed by atoms with Crippen molar-refractivity contribution in [3.05, 3.63) is 28.2 Å². The first kappa shape index (κ1) is 8.44. The Labute approximate surface area is 79.6 Å². The molecule has 0 fully saturated rings. The maximum Gasteiger partial charge on any atom is 0.248 e. The van der Waals surface area contributed by atoms with E-state index in [0.29, 0.717) is 5.92 Å². The highest BCUT2D eigenvalue weighted by molar-refractivity contribution is 7.13. The summed E-state index contributed by atoms with van der Waals surface area (Å²) in [5.41, 5.74) is 1.82. The van der Waals surface area contributed by atoms with Gasteiger partial charge in [0.15, 0.2) is 0 Å². The number of hydrogen-bond acceptors (Lipinski definition) is 3. The minimum absolute atomic E-state index is 0.0606. The molecular weight excluding hydrogens is 184 g/mol. The molecule has 2 aromatic heterocycles. The van der Waals surface area contributed by atoms with E-state index in [-0.39, 0.29) is 5.56 Å². The third-order valence-electron chi connectivity index (χ3n) is 1.93. The Morgan fingerprint density at radius 3 is 2.92 bits per heavy atom. The molecule has 0 spiro atoms. The zero-order valence-electron chi connectivity index (χ0n) is 7.50. The van der Waals surface area contributed by atoms with Crippen LogP contribution in [-0.4, -0.2) is 9.36 Å². The van der Waals surface area contributed by atoms with Crippen LogP contribution in [0.2, 0.25) is 0 Å². The Morgan fingerprint density at radius 2 is 2.23 bits per heavy atom. The molecule has 0 amide bonds. The standard InChI is InChI=1S/C9H10N2OS/c1-5(2)8-9-6(13-11-8)3-4-7(12)10-9/h3-5H,1-2H3,(H,10,12). The number of nitrogens with zero attached hydrogens (tertiary/aromatic N) is 1. The van der Waals surface area contributed by atoms with E-state index in [1.54, 1.807) is 0 Å². The van der Waals surface area contributed by atoms with Gasteiger partial charge in [-0.15, -0.1) is 0 Å². The van der Waals surface area contributed by atoms with Gasteiger partial charge in [0, 0.05) is 6.07 Å². The normalized spacial score (nSPS) is 11.3. The largest absolute Gasteiger partial charge is 0.320 e. The molecule has 0 saturated carbocycles. The summed E-state index contributed by atoms with van der Waals surface area (Å²) in [7, 11) is 0. The van der Waals surface area contributed by atoms with Crippen LogP contribution in [0.1, 0.15) is 25.5 Å². The van der Waals surface area contributed by atoms with E-state index >= 15 is 0 Å². The lowest BCUT2D eigenvalue weighted by atomic mass is 10.1. The molecule has 4 heteroatoms. The van der Waals surface area contributed by atoms with Crippen molar-refractivity contribution in [1.29, 1.82) is 0 Å². The molecule has 2 rings (SSSR count). The Morgan fingerprint density at radius 1 is 1.46 bits per heavy atom. The van der Waals surface area contributed by atoms with Gasteiger partial charge in [0.1, 0.15) is 0 Å². The zero-order chi connectivity index (χ0) is 9.42. The SMILES string of the molecule is CC(C)c1nsc2ccc(=O)[nH]c12. The van der Waals surface area contributed by atoms with E-state index in [1.807, 2.05) is 6.07 Å². The number of hydrogen-bond donors (Lipinski definition) is 1. The summed E-state index contributed by atoms with van der Waals surface area (Å²) < 4.78 is 5.35. The molecule has 68 valence electrons. The van der Waals surface area contributed by atoms with Crippen molar-refractivity contribution in [1.82, 2.24) is 9.36 Å². The second-order valence-electron chi connectivity index (χ2n) is 3.28. The van der Waals surface area contributed by atoms with Crippen molar-refractivity contribution in [3.63, 3.8) is 0 Å². The van der Waals surface area contributed by atoms with Gasteiger partial charge in [-0.3, -0.25) is 4.79 Å². The van der Waals surface area contributed by atoms with Gasteiger partial charge >= 0.3 is 0 Å². The summed E-state index contributed by atoms with van der Waals surface area (Å²) >= 11 is 1.43. The predicted molar refractivity (Wildman–Crippen MR) is 54.3 cm³/mol. The number of fused-ring (bicyclic) bond motifs is 1. The fraction of sp³-hybridized carbons (Fsp3) is 0.333. The molecule has 0 unspecified atom stereocenters. The number of pyridine rings is 1. The van der Waals surface area contributed by atoms with Crippen LogP contribution in [0.4, 0.5) is 0 Å². The van der Waals surface area contributed by atoms with Gasteiger partial charge in [-0.2, -0.15) is 4.37 Å². The van der Waals surface area contributed by atoms with E-state index in [4.69, 9.17) is 0 Å². The van der Waals surface area contributed by atoms with E-state index in [0.717, 1.165) is 15.9 Å². The van der Waals surface area contributed by atoms with E-state index < -0.39 is 0 Å². The molecule has 0 bridgehead atoms. The molecule has 3 nitrogen and oxygen atoms in total. The van der Waals surface area contributed by atoms with Crippen LogP contribution in [0.5, 0.6) is 0 Å². The van der Waals surface area contributed by atoms with Crippen LogP contribution in [0.25, 0.3) is 10.2 Å². The third kappa shape index (κ3) is 1.37. The summed E-state index contributed by atoms with van der Waals surface area (Å²) in [5.74, 6) is 0.354. The first-order chi connectivity index (χ1) is 6.18. The maximum atomic E-state index is 11.1. The average molecular weight is 194 g/mol.